The number of rotatable bonds is 2. The number of hydrogen-bond acceptors (Lipinski definition) is 3. The number of fused-ring (bicyclic) bond motifs is 1. The molecule has 2 fully saturated rings. The molecule has 4 heteroatoms. The monoisotopic (exact) mass is 298 g/mol. The van der Waals surface area contributed by atoms with E-state index in [2.05, 4.69) is 15.3 Å². The Balaban J connectivity index is 1.54. The zero-order valence-electron chi connectivity index (χ0n) is 12.1. The number of likely N-dealkylation sites (tertiary alicyclic amines) is 1. The normalized spacial score (nSPS) is 23.8. The lowest BCUT2D eigenvalue weighted by Gasteiger charge is -2.26. The van der Waals surface area contributed by atoms with E-state index >= 15 is 0 Å². The van der Waals surface area contributed by atoms with Crippen molar-refractivity contribution >= 4 is 17.2 Å². The molecule has 2 unspecified atom stereocenters. The first-order chi connectivity index (χ1) is 10.2. The highest BCUT2D eigenvalue weighted by molar-refractivity contribution is 7.09. The van der Waals surface area contributed by atoms with Crippen LogP contribution in [0.5, 0.6) is 0 Å². The predicted octanol–water partition coefficient (Wildman–Crippen LogP) is 3.74. The Morgan fingerprint density at radius 2 is 2.14 bits per heavy atom. The van der Waals surface area contributed by atoms with Crippen LogP contribution < -0.4 is 0 Å². The molecule has 3 nitrogen and oxygen atoms in total. The molecule has 0 spiro atoms. The van der Waals surface area contributed by atoms with E-state index in [-0.39, 0.29) is 5.91 Å². The van der Waals surface area contributed by atoms with Crippen molar-refractivity contribution in [3.8, 4) is 11.3 Å². The summed E-state index contributed by atoms with van der Waals surface area (Å²) in [5, 5.41) is 3.13. The van der Waals surface area contributed by atoms with Crippen LogP contribution in [0.25, 0.3) is 11.3 Å². The van der Waals surface area contributed by atoms with Gasteiger partial charge in [0.2, 0.25) is 0 Å². The summed E-state index contributed by atoms with van der Waals surface area (Å²) in [6, 6.07) is 8.43. The van der Waals surface area contributed by atoms with Crippen molar-refractivity contribution in [3.05, 3.63) is 40.2 Å². The van der Waals surface area contributed by atoms with Gasteiger partial charge in [0, 0.05) is 29.1 Å². The summed E-state index contributed by atoms with van der Waals surface area (Å²) < 4.78 is 0. The third kappa shape index (κ3) is 2.38. The maximum Gasteiger partial charge on any atom is 0.254 e. The second-order valence-electron chi connectivity index (χ2n) is 6.03. The molecule has 0 N–H and O–H groups in total. The van der Waals surface area contributed by atoms with Gasteiger partial charge in [-0.3, -0.25) is 4.79 Å². The molecule has 2 heterocycles. The molecule has 1 aliphatic carbocycles. The second-order valence-corrected chi connectivity index (χ2v) is 7.10. The van der Waals surface area contributed by atoms with E-state index in [0.29, 0.717) is 6.04 Å². The molecule has 108 valence electrons. The number of piperidine rings is 1. The lowest BCUT2D eigenvalue weighted by atomic mass is 10.1. The summed E-state index contributed by atoms with van der Waals surface area (Å²) in [7, 11) is 0. The Morgan fingerprint density at radius 3 is 2.86 bits per heavy atom. The summed E-state index contributed by atoms with van der Waals surface area (Å²) in [4.78, 5) is 19.2. The Hall–Kier alpha value is -1.68. The number of carbonyl (C=O) groups is 1. The number of thiazole rings is 1. The van der Waals surface area contributed by atoms with E-state index in [0.717, 1.165) is 40.7 Å². The van der Waals surface area contributed by atoms with Crippen molar-refractivity contribution < 1.29 is 4.79 Å². The predicted molar refractivity (Wildman–Crippen MR) is 84.5 cm³/mol. The average Bonchev–Trinajstić information content (AvgIpc) is 3.19. The van der Waals surface area contributed by atoms with Crippen molar-refractivity contribution in [3.63, 3.8) is 0 Å². The van der Waals surface area contributed by atoms with Gasteiger partial charge in [-0.15, -0.1) is 11.3 Å². The molecule has 1 saturated carbocycles. The van der Waals surface area contributed by atoms with Crippen LogP contribution in [0.15, 0.2) is 29.6 Å². The number of nitrogens with zero attached hydrogens (tertiary/aromatic N) is 2. The highest BCUT2D eigenvalue weighted by atomic mass is 32.1. The van der Waals surface area contributed by atoms with Crippen molar-refractivity contribution in [1.82, 2.24) is 9.88 Å². The average molecular weight is 298 g/mol. The molecule has 1 aromatic heterocycles. The molecule has 0 radical (unpaired) electrons. The van der Waals surface area contributed by atoms with Crippen molar-refractivity contribution in [1.29, 1.82) is 0 Å². The first-order valence-corrected chi connectivity index (χ1v) is 8.44. The highest BCUT2D eigenvalue weighted by Gasteiger charge is 2.45. The van der Waals surface area contributed by atoms with Crippen LogP contribution in [0.3, 0.4) is 0 Å². The van der Waals surface area contributed by atoms with E-state index in [1.807, 2.05) is 31.2 Å². The fraction of sp³-hybridized carbons (Fsp3) is 0.412. The largest absolute Gasteiger partial charge is 0.335 e. The number of benzene rings is 1. The third-order valence-electron chi connectivity index (χ3n) is 4.57. The van der Waals surface area contributed by atoms with Crippen LogP contribution in [0.2, 0.25) is 0 Å². The van der Waals surface area contributed by atoms with Gasteiger partial charge in [-0.1, -0.05) is 12.1 Å². The van der Waals surface area contributed by atoms with E-state index in [1.54, 1.807) is 11.3 Å². The van der Waals surface area contributed by atoms with Crippen molar-refractivity contribution in [2.45, 2.75) is 32.2 Å². The van der Waals surface area contributed by atoms with Gasteiger partial charge in [0.1, 0.15) is 0 Å². The zero-order valence-corrected chi connectivity index (χ0v) is 12.9. The van der Waals surface area contributed by atoms with Crippen molar-refractivity contribution in [2.75, 3.05) is 6.54 Å². The van der Waals surface area contributed by atoms with Crippen LogP contribution in [0, 0.1) is 12.8 Å². The maximum absolute atomic E-state index is 12.6. The van der Waals surface area contributed by atoms with Crippen LogP contribution in [-0.2, 0) is 0 Å². The molecule has 2 aromatic rings. The van der Waals surface area contributed by atoms with Crippen LogP contribution >= 0.6 is 11.3 Å². The second kappa shape index (κ2) is 4.95. The molecule has 1 aromatic carbocycles. The third-order valence-corrected chi connectivity index (χ3v) is 5.34. The van der Waals surface area contributed by atoms with Crippen LogP contribution in [-0.4, -0.2) is 28.4 Å². The number of aryl methyl sites for hydroxylation is 1. The fourth-order valence-electron chi connectivity index (χ4n) is 3.31. The minimum Gasteiger partial charge on any atom is -0.335 e. The highest BCUT2D eigenvalue weighted by Crippen LogP contribution is 2.43. The molecule has 21 heavy (non-hydrogen) atoms. The Kier molecular flexibility index (Phi) is 3.07. The molecule has 1 amide bonds. The van der Waals surface area contributed by atoms with E-state index in [4.69, 9.17) is 0 Å². The number of hydrogen-bond donors (Lipinski definition) is 0. The summed E-state index contributed by atoms with van der Waals surface area (Å²) in [5.41, 5.74) is 2.88. The molecule has 1 saturated heterocycles. The first kappa shape index (κ1) is 13.0. The fourth-order valence-corrected chi connectivity index (χ4v) is 3.93. The van der Waals surface area contributed by atoms with Crippen LogP contribution in [0.4, 0.5) is 0 Å². The van der Waals surface area contributed by atoms with E-state index in [1.165, 1.54) is 12.8 Å². The van der Waals surface area contributed by atoms with Crippen LogP contribution in [0.1, 0.15) is 34.6 Å². The number of carbonyl (C=O) groups excluding carboxylic acids is 1. The zero-order chi connectivity index (χ0) is 14.4. The standard InChI is InChI=1S/C17H18N2OS/c1-11-18-15(10-21-11)12-4-6-13(7-5-12)17(20)19-8-2-3-14-9-16(14)19/h4-7,10,14,16H,2-3,8-9H2,1H3. The van der Waals surface area contributed by atoms with Gasteiger partial charge >= 0.3 is 0 Å². The maximum atomic E-state index is 12.6. The van der Waals surface area contributed by atoms with Gasteiger partial charge in [-0.25, -0.2) is 4.98 Å². The minimum atomic E-state index is 0.197. The van der Waals surface area contributed by atoms with E-state index in [9.17, 15) is 4.79 Å². The van der Waals surface area contributed by atoms with Gasteiger partial charge in [0.05, 0.1) is 10.7 Å². The number of aromatic nitrogens is 1. The molecule has 0 bridgehead atoms. The van der Waals surface area contributed by atoms with Crippen molar-refractivity contribution in [2.24, 2.45) is 5.92 Å². The molecule has 2 atom stereocenters. The lowest BCUT2D eigenvalue weighted by molar-refractivity contribution is 0.0706. The SMILES string of the molecule is Cc1nc(-c2ccc(C(=O)N3CCCC4CC43)cc2)cs1. The van der Waals surface area contributed by atoms with Gasteiger partial charge in [-0.05, 0) is 44.2 Å². The molecular formula is C17H18N2OS. The topological polar surface area (TPSA) is 33.2 Å². The van der Waals surface area contributed by atoms with Gasteiger partial charge < -0.3 is 4.90 Å². The summed E-state index contributed by atoms with van der Waals surface area (Å²) >= 11 is 1.65. The lowest BCUT2D eigenvalue weighted by Crippen LogP contribution is -2.37. The Bertz CT molecular complexity index is 676. The molecule has 4 rings (SSSR count). The van der Waals surface area contributed by atoms with Gasteiger partial charge in [0.25, 0.3) is 5.91 Å². The van der Waals surface area contributed by atoms with Gasteiger partial charge in [0.15, 0.2) is 0 Å². The van der Waals surface area contributed by atoms with Gasteiger partial charge in [-0.2, -0.15) is 0 Å². The quantitative estimate of drug-likeness (QED) is 0.846. The summed E-state index contributed by atoms with van der Waals surface area (Å²) in [6.45, 7) is 2.93. The summed E-state index contributed by atoms with van der Waals surface area (Å²) in [5.74, 6) is 0.975. The molecule has 2 aliphatic rings. The Morgan fingerprint density at radius 1 is 1.33 bits per heavy atom. The molecule has 1 aliphatic heterocycles. The minimum absolute atomic E-state index is 0.197. The smallest absolute Gasteiger partial charge is 0.254 e. The Labute approximate surface area is 128 Å². The summed E-state index contributed by atoms with van der Waals surface area (Å²) in [6.07, 6.45) is 3.67. The van der Waals surface area contributed by atoms with E-state index < -0.39 is 0 Å². The number of amides is 1. The first-order valence-electron chi connectivity index (χ1n) is 7.56. The molecular weight excluding hydrogens is 280 g/mol.